The highest BCUT2D eigenvalue weighted by Crippen LogP contribution is 2.57. The van der Waals surface area contributed by atoms with Gasteiger partial charge in [0.2, 0.25) is 0 Å². The molecule has 4 heterocycles. The van der Waals surface area contributed by atoms with Gasteiger partial charge in [0, 0.05) is 12.6 Å². The number of halogens is 3. The Balaban J connectivity index is 1.30. The van der Waals surface area contributed by atoms with E-state index in [1.807, 2.05) is 0 Å². The predicted molar refractivity (Wildman–Crippen MR) is 122 cm³/mol. The third-order valence-electron chi connectivity index (χ3n) is 6.42. The van der Waals surface area contributed by atoms with E-state index in [-0.39, 0.29) is 24.4 Å². The van der Waals surface area contributed by atoms with Gasteiger partial charge in [0.15, 0.2) is 6.23 Å². The molecule has 3 aromatic rings. The third-order valence-corrected chi connectivity index (χ3v) is 7.89. The molecule has 2 aliphatic heterocycles. The highest BCUT2D eigenvalue weighted by atomic mass is 31.2. The molecule has 5 rings (SSSR count). The van der Waals surface area contributed by atoms with Crippen molar-refractivity contribution in [3.63, 3.8) is 0 Å². The number of ether oxygens (including phenoxy) is 1. The van der Waals surface area contributed by atoms with Gasteiger partial charge in [-0.25, -0.2) is 14.5 Å². The summed E-state index contributed by atoms with van der Waals surface area (Å²) < 4.78 is 75.8. The normalized spacial score (nSPS) is 32.7. The lowest BCUT2D eigenvalue weighted by Gasteiger charge is -2.30. The summed E-state index contributed by atoms with van der Waals surface area (Å²) in [6, 6.07) is 6.14. The number of alkyl halides is 3. The van der Waals surface area contributed by atoms with E-state index in [2.05, 4.69) is 9.97 Å². The van der Waals surface area contributed by atoms with Crippen LogP contribution in [0.25, 0.3) is 11.0 Å². The Bertz CT molecular complexity index is 1350. The summed E-state index contributed by atoms with van der Waals surface area (Å²) >= 11 is 0. The Hall–Kier alpha value is -2.58. The number of aliphatic hydroxyl groups excluding tert-OH is 1. The number of phosphoric ester groups is 1. The van der Waals surface area contributed by atoms with E-state index < -0.39 is 56.3 Å². The van der Waals surface area contributed by atoms with Gasteiger partial charge in [0.05, 0.1) is 30.3 Å². The first-order chi connectivity index (χ1) is 17.4. The average molecular weight is 544 g/mol. The Morgan fingerprint density at radius 2 is 2.11 bits per heavy atom. The Kier molecular flexibility index (Phi) is 6.55. The molecule has 11 nitrogen and oxygen atoms in total. The molecule has 37 heavy (non-hydrogen) atoms. The zero-order chi connectivity index (χ0) is 26.6. The predicted octanol–water partition coefficient (Wildman–Crippen LogP) is 3.34. The first kappa shape index (κ1) is 26.0. The van der Waals surface area contributed by atoms with Gasteiger partial charge in [0.25, 0.3) is 0 Å². The van der Waals surface area contributed by atoms with Crippen LogP contribution in [0.5, 0.6) is 0 Å². The van der Waals surface area contributed by atoms with E-state index >= 15 is 0 Å². The molecule has 4 N–H and O–H groups in total. The van der Waals surface area contributed by atoms with Crippen LogP contribution in [0.1, 0.15) is 36.8 Å². The van der Waals surface area contributed by atoms with Crippen LogP contribution in [0.2, 0.25) is 0 Å². The van der Waals surface area contributed by atoms with Crippen molar-refractivity contribution in [1.29, 1.82) is 0 Å². The molecule has 15 heteroatoms. The summed E-state index contributed by atoms with van der Waals surface area (Å²) in [5.74, 6) is 0.224. The summed E-state index contributed by atoms with van der Waals surface area (Å²) in [5, 5.41) is 22.3. The van der Waals surface area contributed by atoms with Crippen LogP contribution in [-0.4, -0.2) is 55.8 Å². The fourth-order valence-corrected chi connectivity index (χ4v) is 5.84. The highest BCUT2D eigenvalue weighted by molar-refractivity contribution is 7.48. The van der Waals surface area contributed by atoms with Crippen LogP contribution in [0.15, 0.2) is 42.9 Å². The number of nitrogen functional groups attached to an aromatic ring is 1. The maximum absolute atomic E-state index is 13.1. The van der Waals surface area contributed by atoms with Gasteiger partial charge >= 0.3 is 14.0 Å². The number of rotatable bonds is 5. The van der Waals surface area contributed by atoms with E-state index in [9.17, 15) is 27.9 Å². The largest absolute Gasteiger partial charge is 0.475 e. The molecule has 2 aliphatic rings. The number of nitrogens with two attached hydrogens (primary N) is 1. The second-order valence-electron chi connectivity index (χ2n) is 9.00. The van der Waals surface area contributed by atoms with Gasteiger partial charge in [-0.05, 0) is 30.7 Å². The first-order valence-corrected chi connectivity index (χ1v) is 12.7. The van der Waals surface area contributed by atoms with Crippen molar-refractivity contribution in [2.45, 2.75) is 49.7 Å². The molecule has 0 amide bonds. The van der Waals surface area contributed by atoms with Crippen LogP contribution in [0.3, 0.4) is 0 Å². The number of nitrogens with zero attached hydrogens (tertiary/aromatic N) is 3. The first-order valence-electron chi connectivity index (χ1n) is 11.3. The minimum absolute atomic E-state index is 0.0942. The Morgan fingerprint density at radius 3 is 2.86 bits per heavy atom. The van der Waals surface area contributed by atoms with Gasteiger partial charge in [-0.2, -0.15) is 13.2 Å². The molecule has 200 valence electrons. The maximum atomic E-state index is 13.1. The topological polar surface area (TPSA) is 151 Å². The molecule has 0 saturated carbocycles. The summed E-state index contributed by atoms with van der Waals surface area (Å²) in [7, 11) is -4.24. The third kappa shape index (κ3) is 4.86. The minimum Gasteiger partial charge on any atom is -0.387 e. The molecule has 0 unspecified atom stereocenters. The smallest absolute Gasteiger partial charge is 0.387 e. The minimum atomic E-state index is -4.55. The molecular weight excluding hydrogens is 520 g/mol. The lowest BCUT2D eigenvalue weighted by molar-refractivity contribution is -0.137. The molecule has 0 spiro atoms. The number of phosphoric acid groups is 1. The van der Waals surface area contributed by atoms with E-state index in [1.54, 1.807) is 12.3 Å². The van der Waals surface area contributed by atoms with Crippen LogP contribution >= 0.6 is 7.82 Å². The van der Waals surface area contributed by atoms with Crippen LogP contribution < -0.4 is 5.73 Å². The number of fused-ring (bicyclic) bond motifs is 1. The second-order valence-corrected chi connectivity index (χ2v) is 10.6. The lowest BCUT2D eigenvalue weighted by atomic mass is 9.96. The van der Waals surface area contributed by atoms with E-state index in [0.29, 0.717) is 11.0 Å². The number of benzene rings is 1. The molecule has 2 fully saturated rings. The van der Waals surface area contributed by atoms with Crippen molar-refractivity contribution < 1.29 is 46.3 Å². The maximum Gasteiger partial charge on any atom is 0.475 e. The number of aliphatic hydroxyl groups is 2. The van der Waals surface area contributed by atoms with Crippen molar-refractivity contribution in [3.05, 3.63) is 54.0 Å². The van der Waals surface area contributed by atoms with Crippen molar-refractivity contribution in [3.8, 4) is 0 Å². The van der Waals surface area contributed by atoms with Crippen molar-refractivity contribution in [1.82, 2.24) is 14.5 Å². The van der Waals surface area contributed by atoms with Gasteiger partial charge in [-0.3, -0.25) is 13.6 Å². The Labute approximate surface area is 208 Å². The van der Waals surface area contributed by atoms with Crippen molar-refractivity contribution in [2.24, 2.45) is 0 Å². The standard InChI is InChI=1S/C22H24F3N4O7P/c1-21(31)17(30)16(35-20(21)29-7-5-14-18(26)27-11-28-19(14)29)10-34-37(32)33-8-6-15(36-37)12-3-2-4-13(9-12)22(23,24)25/h2-5,7,9,11,15-17,20,30-31H,6,8,10H2,1H3,(H2,26,27,28)/t15-,16+,17+,20+,21+,37+/m0/s1. The van der Waals surface area contributed by atoms with Crippen molar-refractivity contribution >= 4 is 24.7 Å². The van der Waals surface area contributed by atoms with Gasteiger partial charge in [-0.1, -0.05) is 12.1 Å². The van der Waals surface area contributed by atoms with Crippen molar-refractivity contribution in [2.75, 3.05) is 18.9 Å². The number of hydrogen-bond acceptors (Lipinski definition) is 10. The summed E-state index contributed by atoms with van der Waals surface area (Å²) in [4.78, 5) is 8.08. The van der Waals surface area contributed by atoms with Gasteiger partial charge in [-0.15, -0.1) is 0 Å². The monoisotopic (exact) mass is 544 g/mol. The molecular formula is C22H24F3N4O7P. The number of anilines is 1. The highest BCUT2D eigenvalue weighted by Gasteiger charge is 2.54. The zero-order valence-electron chi connectivity index (χ0n) is 19.4. The molecule has 2 aromatic heterocycles. The molecule has 2 saturated heterocycles. The lowest BCUT2D eigenvalue weighted by Crippen LogP contribution is -2.44. The summed E-state index contributed by atoms with van der Waals surface area (Å²) in [5.41, 5.74) is 3.72. The van der Waals surface area contributed by atoms with Gasteiger partial charge < -0.3 is 25.3 Å². The quantitative estimate of drug-likeness (QED) is 0.408. The fraction of sp³-hybridized carbons (Fsp3) is 0.455. The molecule has 1 aromatic carbocycles. The number of aromatic nitrogens is 3. The number of hydrogen-bond donors (Lipinski definition) is 3. The van der Waals surface area contributed by atoms with Crippen LogP contribution in [-0.2, 0) is 29.0 Å². The molecule has 0 aliphatic carbocycles. The van der Waals surface area contributed by atoms with Crippen LogP contribution in [0, 0.1) is 0 Å². The molecule has 0 radical (unpaired) electrons. The van der Waals surface area contributed by atoms with Gasteiger partial charge in [0.1, 0.15) is 35.6 Å². The van der Waals surface area contributed by atoms with Crippen LogP contribution in [0.4, 0.5) is 19.0 Å². The molecule has 6 atom stereocenters. The van der Waals surface area contributed by atoms with E-state index in [4.69, 9.17) is 24.0 Å². The zero-order valence-corrected chi connectivity index (χ0v) is 20.3. The van der Waals surface area contributed by atoms with E-state index in [1.165, 1.54) is 30.0 Å². The fourth-order valence-electron chi connectivity index (χ4n) is 4.44. The summed E-state index contributed by atoms with van der Waals surface area (Å²) in [6.45, 7) is 0.762. The second kappa shape index (κ2) is 9.31. The van der Waals surface area contributed by atoms with E-state index in [0.717, 1.165) is 12.1 Å². The average Bonchev–Trinajstić information content (AvgIpc) is 3.37. The summed E-state index contributed by atoms with van der Waals surface area (Å²) in [6.07, 6.45) is -6.31. The Morgan fingerprint density at radius 1 is 1.32 bits per heavy atom. The SMILES string of the molecule is C[C@@]1(O)[C@H](O)[C@@H](CO[P@@]2(=O)OCC[C@@H](c3cccc(C(F)(F)F)c3)O2)O[C@H]1n1ccc2c(N)ncnc21. The molecule has 0 bridgehead atoms.